The number of ketones is 2. The predicted molar refractivity (Wildman–Crippen MR) is 93.6 cm³/mol. The second kappa shape index (κ2) is 8.03. The molecule has 2 aromatic rings. The highest BCUT2D eigenvalue weighted by molar-refractivity contribution is 5.99. The number of benzene rings is 2. The number of hydrogen-bond donors (Lipinski definition) is 0. The SMILES string of the molecule is C=CCC(C#N)(CC(=O)c1ccccc1)CC(=O)c1ccccc1. The molecule has 2 rings (SSSR count). The third-order valence-electron chi connectivity index (χ3n) is 3.96. The number of nitriles is 1. The van der Waals surface area contributed by atoms with Gasteiger partial charge in [-0.3, -0.25) is 9.59 Å². The molecule has 0 amide bonds. The van der Waals surface area contributed by atoms with Gasteiger partial charge in [0.15, 0.2) is 11.6 Å². The van der Waals surface area contributed by atoms with Gasteiger partial charge in [-0.05, 0) is 6.42 Å². The minimum atomic E-state index is -1.07. The smallest absolute Gasteiger partial charge is 0.164 e. The molecule has 3 nitrogen and oxygen atoms in total. The fourth-order valence-corrected chi connectivity index (χ4v) is 2.67. The summed E-state index contributed by atoms with van der Waals surface area (Å²) in [7, 11) is 0. The fourth-order valence-electron chi connectivity index (χ4n) is 2.67. The number of allylic oxidation sites excluding steroid dienone is 1. The first-order chi connectivity index (χ1) is 11.6. The van der Waals surface area contributed by atoms with Crippen molar-refractivity contribution in [2.24, 2.45) is 5.41 Å². The van der Waals surface area contributed by atoms with E-state index in [1.807, 2.05) is 12.1 Å². The van der Waals surface area contributed by atoms with Crippen LogP contribution >= 0.6 is 0 Å². The average Bonchev–Trinajstić information content (AvgIpc) is 2.63. The number of rotatable bonds is 8. The Bertz CT molecular complexity index is 704. The lowest BCUT2D eigenvalue weighted by Gasteiger charge is -2.24. The molecule has 120 valence electrons. The van der Waals surface area contributed by atoms with E-state index in [4.69, 9.17) is 0 Å². The van der Waals surface area contributed by atoms with Crippen LogP contribution in [0, 0.1) is 16.7 Å². The monoisotopic (exact) mass is 317 g/mol. The standard InChI is InChI=1S/C21H19NO2/c1-2-13-21(16-22,14-19(23)17-9-5-3-6-10-17)15-20(24)18-11-7-4-8-12-18/h2-12H,1,13-15H2. The normalized spacial score (nSPS) is 10.6. The van der Waals surface area contributed by atoms with Crippen LogP contribution in [0.25, 0.3) is 0 Å². The van der Waals surface area contributed by atoms with Gasteiger partial charge in [0.25, 0.3) is 0 Å². The molecule has 0 saturated heterocycles. The summed E-state index contributed by atoms with van der Waals surface area (Å²) < 4.78 is 0. The zero-order chi connectivity index (χ0) is 17.4. The molecule has 0 aliphatic carbocycles. The Morgan fingerprint density at radius 3 is 1.67 bits per heavy atom. The Balaban J connectivity index is 2.23. The Morgan fingerprint density at radius 1 is 0.917 bits per heavy atom. The highest BCUT2D eigenvalue weighted by Gasteiger charge is 2.34. The van der Waals surface area contributed by atoms with E-state index in [1.54, 1.807) is 54.6 Å². The van der Waals surface area contributed by atoms with Crippen molar-refractivity contribution in [2.45, 2.75) is 19.3 Å². The summed E-state index contributed by atoms with van der Waals surface area (Å²) in [4.78, 5) is 25.0. The Hall–Kier alpha value is -2.99. The van der Waals surface area contributed by atoms with E-state index in [-0.39, 0.29) is 24.4 Å². The van der Waals surface area contributed by atoms with Gasteiger partial charge < -0.3 is 0 Å². The van der Waals surface area contributed by atoms with Gasteiger partial charge in [-0.25, -0.2) is 0 Å². The van der Waals surface area contributed by atoms with Gasteiger partial charge in [0.05, 0.1) is 11.5 Å². The van der Waals surface area contributed by atoms with E-state index in [9.17, 15) is 14.9 Å². The van der Waals surface area contributed by atoms with Gasteiger partial charge in [0.2, 0.25) is 0 Å². The van der Waals surface area contributed by atoms with Crippen LogP contribution in [0.5, 0.6) is 0 Å². The predicted octanol–water partition coefficient (Wildman–Crippen LogP) is 4.62. The van der Waals surface area contributed by atoms with E-state index >= 15 is 0 Å². The molecular formula is C21H19NO2. The van der Waals surface area contributed by atoms with Gasteiger partial charge in [-0.2, -0.15) is 5.26 Å². The van der Waals surface area contributed by atoms with E-state index in [1.165, 1.54) is 0 Å². The van der Waals surface area contributed by atoms with E-state index in [0.717, 1.165) is 0 Å². The summed E-state index contributed by atoms with van der Waals surface area (Å²) in [5.41, 5.74) is 0.0309. The number of nitrogens with zero attached hydrogens (tertiary/aromatic N) is 1. The molecule has 0 N–H and O–H groups in total. The molecule has 0 saturated carbocycles. The van der Waals surface area contributed by atoms with Gasteiger partial charge in [0, 0.05) is 24.0 Å². The molecule has 0 radical (unpaired) electrons. The van der Waals surface area contributed by atoms with E-state index in [0.29, 0.717) is 17.5 Å². The lowest BCUT2D eigenvalue weighted by atomic mass is 9.75. The maximum Gasteiger partial charge on any atom is 0.164 e. The van der Waals surface area contributed by atoms with Crippen LogP contribution < -0.4 is 0 Å². The molecule has 0 aromatic heterocycles. The van der Waals surface area contributed by atoms with Crippen LogP contribution in [-0.2, 0) is 0 Å². The quantitative estimate of drug-likeness (QED) is 0.527. The molecule has 0 unspecified atom stereocenters. The summed E-state index contributed by atoms with van der Waals surface area (Å²) >= 11 is 0. The van der Waals surface area contributed by atoms with Gasteiger partial charge in [0.1, 0.15) is 0 Å². The van der Waals surface area contributed by atoms with Crippen molar-refractivity contribution in [1.82, 2.24) is 0 Å². The third kappa shape index (κ3) is 4.27. The molecule has 3 heteroatoms. The Labute approximate surface area is 142 Å². The second-order valence-corrected chi connectivity index (χ2v) is 5.82. The topological polar surface area (TPSA) is 57.9 Å². The van der Waals surface area contributed by atoms with Crippen molar-refractivity contribution in [3.63, 3.8) is 0 Å². The molecule has 0 heterocycles. The first kappa shape index (κ1) is 17.4. The number of carbonyl (C=O) groups excluding carboxylic acids is 2. The largest absolute Gasteiger partial charge is 0.294 e. The highest BCUT2D eigenvalue weighted by atomic mass is 16.1. The molecule has 0 bridgehead atoms. The van der Waals surface area contributed by atoms with Crippen LogP contribution in [0.1, 0.15) is 40.0 Å². The third-order valence-corrected chi connectivity index (χ3v) is 3.96. The summed E-state index contributed by atoms with van der Waals surface area (Å²) in [6, 6.07) is 19.9. The van der Waals surface area contributed by atoms with Gasteiger partial charge in [-0.15, -0.1) is 6.58 Å². The Kier molecular flexibility index (Phi) is 5.81. The number of hydrogen-bond acceptors (Lipinski definition) is 3. The Morgan fingerprint density at radius 2 is 1.33 bits per heavy atom. The average molecular weight is 317 g/mol. The van der Waals surface area contributed by atoms with Gasteiger partial charge in [-0.1, -0.05) is 66.7 Å². The van der Waals surface area contributed by atoms with E-state index in [2.05, 4.69) is 12.6 Å². The number of Topliss-reactive ketones (excluding diaryl/α,β-unsaturated/α-hetero) is 2. The van der Waals surface area contributed by atoms with Crippen molar-refractivity contribution in [3.05, 3.63) is 84.4 Å². The molecular weight excluding hydrogens is 298 g/mol. The fraction of sp³-hybridized carbons (Fsp3) is 0.190. The lowest BCUT2D eigenvalue weighted by molar-refractivity contribution is 0.0884. The van der Waals surface area contributed by atoms with Crippen molar-refractivity contribution in [2.75, 3.05) is 0 Å². The first-order valence-corrected chi connectivity index (χ1v) is 7.79. The molecule has 0 spiro atoms. The second-order valence-electron chi connectivity index (χ2n) is 5.82. The summed E-state index contributed by atoms with van der Waals surface area (Å²) in [6.45, 7) is 3.68. The molecule has 0 atom stereocenters. The zero-order valence-corrected chi connectivity index (χ0v) is 13.4. The van der Waals surface area contributed by atoms with Gasteiger partial charge >= 0.3 is 0 Å². The minimum Gasteiger partial charge on any atom is -0.294 e. The maximum atomic E-state index is 12.5. The molecule has 0 aliphatic heterocycles. The van der Waals surface area contributed by atoms with Crippen LogP contribution in [0.3, 0.4) is 0 Å². The summed E-state index contributed by atoms with van der Waals surface area (Å²) in [6.07, 6.45) is 1.89. The zero-order valence-electron chi connectivity index (χ0n) is 13.4. The van der Waals surface area contributed by atoms with E-state index < -0.39 is 5.41 Å². The van der Waals surface area contributed by atoms with Crippen molar-refractivity contribution >= 4 is 11.6 Å². The molecule has 2 aromatic carbocycles. The van der Waals surface area contributed by atoms with Crippen molar-refractivity contribution in [1.29, 1.82) is 5.26 Å². The maximum absolute atomic E-state index is 12.5. The number of carbonyl (C=O) groups is 2. The highest BCUT2D eigenvalue weighted by Crippen LogP contribution is 2.33. The van der Waals surface area contributed by atoms with Crippen LogP contribution in [0.4, 0.5) is 0 Å². The van der Waals surface area contributed by atoms with Crippen molar-refractivity contribution in [3.8, 4) is 6.07 Å². The molecule has 0 aliphatic rings. The lowest BCUT2D eigenvalue weighted by Crippen LogP contribution is -2.26. The minimum absolute atomic E-state index is 0.00188. The van der Waals surface area contributed by atoms with Crippen LogP contribution in [0.15, 0.2) is 73.3 Å². The summed E-state index contributed by atoms with van der Waals surface area (Å²) in [5, 5.41) is 9.70. The van der Waals surface area contributed by atoms with Crippen LogP contribution in [-0.4, -0.2) is 11.6 Å². The first-order valence-electron chi connectivity index (χ1n) is 7.79. The summed E-state index contributed by atoms with van der Waals surface area (Å²) in [5.74, 6) is -0.278. The van der Waals surface area contributed by atoms with Crippen LogP contribution in [0.2, 0.25) is 0 Å². The van der Waals surface area contributed by atoms with Crippen molar-refractivity contribution < 1.29 is 9.59 Å². The molecule has 24 heavy (non-hydrogen) atoms. The molecule has 0 fully saturated rings.